The fourth-order valence-electron chi connectivity index (χ4n) is 1.64. The van der Waals surface area contributed by atoms with E-state index in [1.807, 2.05) is 13.0 Å². The summed E-state index contributed by atoms with van der Waals surface area (Å²) in [4.78, 5) is 11.9. The van der Waals surface area contributed by atoms with Crippen molar-refractivity contribution in [3.8, 4) is 0 Å². The minimum absolute atomic E-state index is 0.226. The zero-order valence-electron chi connectivity index (χ0n) is 11.8. The summed E-state index contributed by atoms with van der Waals surface area (Å²) >= 11 is 1.30. The summed E-state index contributed by atoms with van der Waals surface area (Å²) < 4.78 is 31.4. The van der Waals surface area contributed by atoms with E-state index in [1.54, 1.807) is 6.07 Å². The van der Waals surface area contributed by atoms with E-state index < -0.39 is 10.0 Å². The minimum atomic E-state index is -3.38. The van der Waals surface area contributed by atoms with Crippen LogP contribution in [0.3, 0.4) is 0 Å². The fraction of sp³-hybridized carbons (Fsp3) is 0.615. The molecule has 1 aromatic rings. The predicted octanol–water partition coefficient (Wildman–Crippen LogP) is 2.32. The average molecular weight is 319 g/mol. The molecule has 1 N–H and O–H groups in total. The van der Waals surface area contributed by atoms with Crippen LogP contribution in [0.4, 0.5) is 0 Å². The average Bonchev–Trinajstić information content (AvgIpc) is 2.92. The van der Waals surface area contributed by atoms with Gasteiger partial charge in [0.25, 0.3) is 0 Å². The molecule has 20 heavy (non-hydrogen) atoms. The molecule has 1 aromatic heterocycles. The second kappa shape index (κ2) is 8.39. The standard InChI is InChI=1S/C13H21NO4S2/c1-3-11-8-9-13(19-11)20(16,17)14-10-6-4-5-7-12(15)18-2/h8-9,14H,3-7,10H2,1-2H3. The molecule has 7 heteroatoms. The Labute approximate surface area is 124 Å². The topological polar surface area (TPSA) is 72.5 Å². The van der Waals surface area contributed by atoms with E-state index in [1.165, 1.54) is 18.4 Å². The SMILES string of the molecule is CCc1ccc(S(=O)(=O)NCCCCCC(=O)OC)s1. The summed E-state index contributed by atoms with van der Waals surface area (Å²) in [6.45, 7) is 2.39. The molecule has 0 aliphatic rings. The molecule has 0 aliphatic carbocycles. The second-order valence-electron chi connectivity index (χ2n) is 4.36. The van der Waals surface area contributed by atoms with Crippen molar-refractivity contribution in [2.24, 2.45) is 0 Å². The Bertz CT molecular complexity index is 522. The lowest BCUT2D eigenvalue weighted by Gasteiger charge is -2.04. The summed E-state index contributed by atoms with van der Waals surface area (Å²) in [5.41, 5.74) is 0. The first-order valence-electron chi connectivity index (χ1n) is 6.64. The molecule has 0 spiro atoms. The molecule has 0 atom stereocenters. The van der Waals surface area contributed by atoms with E-state index in [-0.39, 0.29) is 5.97 Å². The first kappa shape index (κ1) is 17.1. The van der Waals surface area contributed by atoms with Crippen LogP contribution < -0.4 is 4.72 Å². The van der Waals surface area contributed by atoms with Crippen LogP contribution in [0.1, 0.15) is 37.5 Å². The molecule has 5 nitrogen and oxygen atoms in total. The second-order valence-corrected chi connectivity index (χ2v) is 7.52. The molecule has 0 saturated heterocycles. The largest absolute Gasteiger partial charge is 0.469 e. The monoisotopic (exact) mass is 319 g/mol. The van der Waals surface area contributed by atoms with Crippen LogP contribution in [-0.4, -0.2) is 28.0 Å². The van der Waals surface area contributed by atoms with Crippen molar-refractivity contribution < 1.29 is 17.9 Å². The number of nitrogens with one attached hydrogen (secondary N) is 1. The lowest BCUT2D eigenvalue weighted by Crippen LogP contribution is -2.24. The van der Waals surface area contributed by atoms with Crippen molar-refractivity contribution in [3.05, 3.63) is 17.0 Å². The third-order valence-corrected chi connectivity index (χ3v) is 6.01. The number of carbonyl (C=O) groups excluding carboxylic acids is 1. The summed E-state index contributed by atoms with van der Waals surface area (Å²) in [5.74, 6) is -0.226. The lowest BCUT2D eigenvalue weighted by atomic mass is 10.2. The van der Waals surface area contributed by atoms with Gasteiger partial charge in [0.2, 0.25) is 10.0 Å². The van der Waals surface area contributed by atoms with Crippen molar-refractivity contribution in [3.63, 3.8) is 0 Å². The number of sulfonamides is 1. The van der Waals surface area contributed by atoms with Gasteiger partial charge in [0.15, 0.2) is 0 Å². The molecular formula is C13H21NO4S2. The summed E-state index contributed by atoms with van der Waals surface area (Å²) in [7, 11) is -2.02. The molecule has 0 fully saturated rings. The fourth-order valence-corrected chi connectivity index (χ4v) is 4.06. The number of unbranched alkanes of at least 4 members (excludes halogenated alkanes) is 2. The summed E-state index contributed by atoms with van der Waals surface area (Å²) in [5, 5.41) is 0. The van der Waals surface area contributed by atoms with Crippen molar-refractivity contribution >= 4 is 27.3 Å². The molecule has 0 saturated carbocycles. The van der Waals surface area contributed by atoms with Gasteiger partial charge in [0, 0.05) is 17.8 Å². The summed E-state index contributed by atoms with van der Waals surface area (Å²) in [6, 6.07) is 3.48. The van der Waals surface area contributed by atoms with Gasteiger partial charge in [-0.05, 0) is 31.4 Å². The van der Waals surface area contributed by atoms with Crippen molar-refractivity contribution in [1.29, 1.82) is 0 Å². The van der Waals surface area contributed by atoms with Gasteiger partial charge >= 0.3 is 5.97 Å². The predicted molar refractivity (Wildman–Crippen MR) is 79.4 cm³/mol. The van der Waals surface area contributed by atoms with Gasteiger partial charge in [0.05, 0.1) is 7.11 Å². The Morgan fingerprint density at radius 2 is 2.05 bits per heavy atom. The van der Waals surface area contributed by atoms with Crippen LogP contribution in [0.5, 0.6) is 0 Å². The molecule has 0 radical (unpaired) electrons. The number of rotatable bonds is 9. The molecule has 1 heterocycles. The maximum absolute atomic E-state index is 12.0. The van der Waals surface area contributed by atoms with Gasteiger partial charge < -0.3 is 4.74 Å². The number of carbonyl (C=O) groups is 1. The van der Waals surface area contributed by atoms with E-state index in [9.17, 15) is 13.2 Å². The zero-order valence-corrected chi connectivity index (χ0v) is 13.5. The molecule has 114 valence electrons. The van der Waals surface area contributed by atoms with Crippen LogP contribution in [0.15, 0.2) is 16.3 Å². The van der Waals surface area contributed by atoms with Gasteiger partial charge in [-0.1, -0.05) is 13.3 Å². The number of methoxy groups -OCH3 is 1. The highest BCUT2D eigenvalue weighted by molar-refractivity contribution is 7.91. The smallest absolute Gasteiger partial charge is 0.305 e. The van der Waals surface area contributed by atoms with E-state index in [0.29, 0.717) is 30.0 Å². The van der Waals surface area contributed by atoms with Crippen molar-refractivity contribution in [1.82, 2.24) is 4.72 Å². The van der Waals surface area contributed by atoms with Crippen molar-refractivity contribution in [2.45, 2.75) is 43.2 Å². The molecule has 0 aliphatic heterocycles. The highest BCUT2D eigenvalue weighted by Crippen LogP contribution is 2.21. The number of thiophene rings is 1. The Balaban J connectivity index is 2.28. The van der Waals surface area contributed by atoms with E-state index in [2.05, 4.69) is 9.46 Å². The Morgan fingerprint density at radius 1 is 1.30 bits per heavy atom. The highest BCUT2D eigenvalue weighted by Gasteiger charge is 2.15. The normalized spacial score (nSPS) is 11.5. The highest BCUT2D eigenvalue weighted by atomic mass is 32.2. The van der Waals surface area contributed by atoms with Gasteiger partial charge in [0.1, 0.15) is 4.21 Å². The number of esters is 1. The number of ether oxygens (including phenoxy) is 1. The van der Waals surface area contributed by atoms with E-state index in [0.717, 1.165) is 17.7 Å². The number of hydrogen-bond acceptors (Lipinski definition) is 5. The van der Waals surface area contributed by atoms with Crippen LogP contribution in [0.25, 0.3) is 0 Å². The molecule has 0 bridgehead atoms. The van der Waals surface area contributed by atoms with Crippen LogP contribution in [0.2, 0.25) is 0 Å². The Kier molecular flexibility index (Phi) is 7.18. The Morgan fingerprint density at radius 3 is 2.65 bits per heavy atom. The third-order valence-electron chi connectivity index (χ3n) is 2.83. The molecule has 0 unspecified atom stereocenters. The first-order chi connectivity index (χ1) is 9.49. The van der Waals surface area contributed by atoms with Crippen LogP contribution in [0, 0.1) is 0 Å². The molecule has 1 rings (SSSR count). The van der Waals surface area contributed by atoms with Gasteiger partial charge in [-0.2, -0.15) is 0 Å². The Hall–Kier alpha value is -0.920. The molecular weight excluding hydrogens is 298 g/mol. The lowest BCUT2D eigenvalue weighted by molar-refractivity contribution is -0.140. The van der Waals surface area contributed by atoms with E-state index >= 15 is 0 Å². The van der Waals surface area contributed by atoms with Gasteiger partial charge in [-0.15, -0.1) is 11.3 Å². The van der Waals surface area contributed by atoms with Crippen molar-refractivity contribution in [2.75, 3.05) is 13.7 Å². The summed E-state index contributed by atoms with van der Waals surface area (Å²) in [6.07, 6.45) is 3.44. The first-order valence-corrected chi connectivity index (χ1v) is 8.94. The van der Waals surface area contributed by atoms with Gasteiger partial charge in [-0.25, -0.2) is 13.1 Å². The van der Waals surface area contributed by atoms with Crippen LogP contribution >= 0.6 is 11.3 Å². The third kappa shape index (κ3) is 5.60. The van der Waals surface area contributed by atoms with Crippen LogP contribution in [-0.2, 0) is 26.0 Å². The molecule has 0 aromatic carbocycles. The molecule has 0 amide bonds. The zero-order chi connectivity index (χ0) is 15.0. The minimum Gasteiger partial charge on any atom is -0.469 e. The van der Waals surface area contributed by atoms with Gasteiger partial charge in [-0.3, -0.25) is 4.79 Å². The maximum atomic E-state index is 12.0. The van der Waals surface area contributed by atoms with E-state index in [4.69, 9.17) is 0 Å². The number of aryl methyl sites for hydroxylation is 1. The number of hydrogen-bond donors (Lipinski definition) is 1. The maximum Gasteiger partial charge on any atom is 0.305 e. The quantitative estimate of drug-likeness (QED) is 0.560.